The monoisotopic (exact) mass is 480 g/mol. The Morgan fingerprint density at radius 1 is 1.06 bits per heavy atom. The lowest BCUT2D eigenvalue weighted by Gasteiger charge is -2.35. The van der Waals surface area contributed by atoms with Crippen LogP contribution in [0.15, 0.2) is 41.8 Å². The SMILES string of the molecule is CCc1nc2ccc(N3CCN(CCN)CC3)nn2c1N(C)c1nc(-c2ccc(F)cc2)cs1. The van der Waals surface area contributed by atoms with E-state index in [2.05, 4.69) is 22.8 Å². The molecule has 0 bridgehead atoms. The zero-order chi connectivity index (χ0) is 23.7. The molecule has 0 radical (unpaired) electrons. The molecule has 10 heteroatoms. The Labute approximate surface area is 202 Å². The van der Waals surface area contributed by atoms with Crippen LogP contribution in [-0.4, -0.2) is 70.8 Å². The quantitative estimate of drug-likeness (QED) is 0.434. The van der Waals surface area contributed by atoms with Crippen LogP contribution in [0.3, 0.4) is 0 Å². The molecule has 178 valence electrons. The lowest BCUT2D eigenvalue weighted by Crippen LogP contribution is -2.48. The van der Waals surface area contributed by atoms with Gasteiger partial charge in [-0.2, -0.15) is 4.52 Å². The largest absolute Gasteiger partial charge is 0.353 e. The van der Waals surface area contributed by atoms with Crippen LogP contribution in [0.4, 0.5) is 21.2 Å². The topological polar surface area (TPSA) is 78.8 Å². The van der Waals surface area contributed by atoms with Crippen molar-refractivity contribution in [2.24, 2.45) is 5.73 Å². The Morgan fingerprint density at radius 3 is 2.53 bits per heavy atom. The van der Waals surface area contributed by atoms with Crippen LogP contribution in [0.1, 0.15) is 12.6 Å². The smallest absolute Gasteiger partial charge is 0.191 e. The van der Waals surface area contributed by atoms with Crippen molar-refractivity contribution in [3.05, 3.63) is 53.3 Å². The van der Waals surface area contributed by atoms with Gasteiger partial charge in [-0.3, -0.25) is 4.90 Å². The first-order valence-electron chi connectivity index (χ1n) is 11.6. The molecule has 0 aliphatic carbocycles. The first kappa shape index (κ1) is 22.7. The Kier molecular flexibility index (Phi) is 6.44. The fraction of sp³-hybridized carbons (Fsp3) is 0.375. The summed E-state index contributed by atoms with van der Waals surface area (Å²) in [6, 6.07) is 10.5. The van der Waals surface area contributed by atoms with Gasteiger partial charge in [0.1, 0.15) is 11.6 Å². The number of anilines is 3. The summed E-state index contributed by atoms with van der Waals surface area (Å²) in [6.07, 6.45) is 0.784. The van der Waals surface area contributed by atoms with Gasteiger partial charge in [0, 0.05) is 57.3 Å². The maximum absolute atomic E-state index is 13.3. The summed E-state index contributed by atoms with van der Waals surface area (Å²) < 4.78 is 15.3. The number of thiazole rings is 1. The summed E-state index contributed by atoms with van der Waals surface area (Å²) in [6.45, 7) is 7.54. The molecule has 4 heterocycles. The van der Waals surface area contributed by atoms with Crippen LogP contribution in [0, 0.1) is 5.82 Å². The standard InChI is InChI=1S/C24H29FN8S/c1-3-19-23(30(2)24-28-20(16-34-24)17-4-6-18(25)7-5-17)33-21(27-19)8-9-22(29-33)32-14-12-31(11-10-26)13-15-32/h4-9,16H,3,10-15,26H2,1-2H3. The van der Waals surface area contributed by atoms with Gasteiger partial charge in [-0.25, -0.2) is 14.4 Å². The van der Waals surface area contributed by atoms with E-state index in [9.17, 15) is 4.39 Å². The fourth-order valence-corrected chi connectivity index (χ4v) is 5.15. The Hall–Kier alpha value is -3.08. The van der Waals surface area contributed by atoms with Gasteiger partial charge < -0.3 is 15.5 Å². The summed E-state index contributed by atoms with van der Waals surface area (Å²) in [7, 11) is 2.00. The van der Waals surface area contributed by atoms with Crippen molar-refractivity contribution in [1.82, 2.24) is 24.5 Å². The molecule has 1 aliphatic heterocycles. The van der Waals surface area contributed by atoms with Crippen LogP contribution in [0.2, 0.25) is 0 Å². The van der Waals surface area contributed by atoms with Crippen LogP contribution in [0.25, 0.3) is 16.9 Å². The van der Waals surface area contributed by atoms with Gasteiger partial charge in [0.25, 0.3) is 0 Å². The predicted molar refractivity (Wildman–Crippen MR) is 136 cm³/mol. The van der Waals surface area contributed by atoms with E-state index in [0.29, 0.717) is 6.54 Å². The Balaban J connectivity index is 1.45. The van der Waals surface area contributed by atoms with Crippen LogP contribution in [0.5, 0.6) is 0 Å². The lowest BCUT2D eigenvalue weighted by atomic mass is 10.2. The highest BCUT2D eigenvalue weighted by molar-refractivity contribution is 7.14. The molecule has 0 spiro atoms. The summed E-state index contributed by atoms with van der Waals surface area (Å²) in [5, 5.41) is 7.82. The molecule has 1 saturated heterocycles. The minimum atomic E-state index is -0.252. The van der Waals surface area contributed by atoms with Crippen molar-refractivity contribution in [2.45, 2.75) is 13.3 Å². The number of piperazine rings is 1. The van der Waals surface area contributed by atoms with Gasteiger partial charge >= 0.3 is 0 Å². The first-order chi connectivity index (χ1) is 16.6. The van der Waals surface area contributed by atoms with E-state index in [4.69, 9.17) is 20.8 Å². The molecule has 2 N–H and O–H groups in total. The number of halogens is 1. The average Bonchev–Trinajstić information content (AvgIpc) is 3.49. The normalized spacial score (nSPS) is 14.8. The molecule has 0 amide bonds. The van der Waals surface area contributed by atoms with Gasteiger partial charge in [0.05, 0.1) is 11.4 Å². The van der Waals surface area contributed by atoms with Crippen molar-refractivity contribution in [3.63, 3.8) is 0 Å². The number of hydrogen-bond acceptors (Lipinski definition) is 8. The second kappa shape index (κ2) is 9.65. The van der Waals surface area contributed by atoms with Gasteiger partial charge in [-0.05, 0) is 42.8 Å². The molecule has 0 atom stereocenters. The number of aromatic nitrogens is 4. The average molecular weight is 481 g/mol. The van der Waals surface area contributed by atoms with Gasteiger partial charge in [0.2, 0.25) is 0 Å². The summed E-state index contributed by atoms with van der Waals surface area (Å²) in [4.78, 5) is 16.4. The third kappa shape index (κ3) is 4.36. The molecule has 0 saturated carbocycles. The molecule has 1 fully saturated rings. The number of fused-ring (bicyclic) bond motifs is 1. The first-order valence-corrected chi connectivity index (χ1v) is 12.5. The molecule has 3 aromatic heterocycles. The van der Waals surface area contributed by atoms with E-state index in [1.54, 1.807) is 23.5 Å². The van der Waals surface area contributed by atoms with Crippen LogP contribution >= 0.6 is 11.3 Å². The summed E-state index contributed by atoms with van der Waals surface area (Å²) >= 11 is 1.55. The van der Waals surface area contributed by atoms with Crippen molar-refractivity contribution < 1.29 is 4.39 Å². The summed E-state index contributed by atoms with van der Waals surface area (Å²) in [5.74, 6) is 1.61. The van der Waals surface area contributed by atoms with Crippen LogP contribution in [-0.2, 0) is 6.42 Å². The van der Waals surface area contributed by atoms with E-state index in [1.807, 2.05) is 27.9 Å². The Bertz CT molecular complexity index is 1260. The van der Waals surface area contributed by atoms with E-state index < -0.39 is 0 Å². The highest BCUT2D eigenvalue weighted by Gasteiger charge is 2.22. The van der Waals surface area contributed by atoms with Gasteiger partial charge in [0.15, 0.2) is 16.6 Å². The zero-order valence-electron chi connectivity index (χ0n) is 19.5. The van der Waals surface area contributed by atoms with Crippen LogP contribution < -0.4 is 15.5 Å². The number of rotatable bonds is 7. The second-order valence-corrected chi connectivity index (χ2v) is 9.23. The van der Waals surface area contributed by atoms with E-state index in [0.717, 1.165) is 78.5 Å². The highest BCUT2D eigenvalue weighted by Crippen LogP contribution is 2.33. The molecule has 0 unspecified atom stereocenters. The number of aryl methyl sites for hydroxylation is 1. The lowest BCUT2D eigenvalue weighted by molar-refractivity contribution is 0.264. The van der Waals surface area contributed by atoms with E-state index in [1.165, 1.54) is 12.1 Å². The zero-order valence-corrected chi connectivity index (χ0v) is 20.3. The van der Waals surface area contributed by atoms with Gasteiger partial charge in [-0.1, -0.05) is 6.92 Å². The minimum Gasteiger partial charge on any atom is -0.353 e. The molecule has 1 aromatic carbocycles. The molecule has 34 heavy (non-hydrogen) atoms. The third-order valence-corrected chi connectivity index (χ3v) is 7.14. The van der Waals surface area contributed by atoms with Crippen molar-refractivity contribution in [3.8, 4) is 11.3 Å². The molecule has 5 rings (SSSR count). The molecular weight excluding hydrogens is 451 g/mol. The van der Waals surface area contributed by atoms with Crippen molar-refractivity contribution >= 4 is 33.8 Å². The number of nitrogens with two attached hydrogens (primary N) is 1. The highest BCUT2D eigenvalue weighted by atomic mass is 32.1. The molecule has 8 nitrogen and oxygen atoms in total. The fourth-order valence-electron chi connectivity index (χ4n) is 4.34. The maximum atomic E-state index is 13.3. The maximum Gasteiger partial charge on any atom is 0.191 e. The summed E-state index contributed by atoms with van der Waals surface area (Å²) in [5.41, 5.74) is 9.22. The number of imidazole rings is 1. The van der Waals surface area contributed by atoms with E-state index in [-0.39, 0.29) is 5.82 Å². The molecule has 1 aliphatic rings. The number of hydrogen-bond donors (Lipinski definition) is 1. The van der Waals surface area contributed by atoms with E-state index >= 15 is 0 Å². The number of benzene rings is 1. The molecule has 4 aromatic rings. The minimum absolute atomic E-state index is 0.252. The second-order valence-electron chi connectivity index (χ2n) is 8.40. The van der Waals surface area contributed by atoms with Crippen molar-refractivity contribution in [2.75, 3.05) is 56.1 Å². The van der Waals surface area contributed by atoms with Crippen molar-refractivity contribution in [1.29, 1.82) is 0 Å². The Morgan fingerprint density at radius 2 is 1.82 bits per heavy atom. The third-order valence-electron chi connectivity index (χ3n) is 6.22. The predicted octanol–water partition coefficient (Wildman–Crippen LogP) is 3.40. The van der Waals surface area contributed by atoms with Gasteiger partial charge in [-0.15, -0.1) is 16.4 Å². The molecular formula is C24H29FN8S. The number of nitrogens with zero attached hydrogens (tertiary/aromatic N) is 7.